The molecule has 1 unspecified atom stereocenters. The van der Waals surface area contributed by atoms with E-state index in [1.54, 1.807) is 19.3 Å². The molecule has 1 aromatic rings. The van der Waals surface area contributed by atoms with Gasteiger partial charge in [-0.15, -0.1) is 0 Å². The zero-order chi connectivity index (χ0) is 14.5. The Labute approximate surface area is 115 Å². The lowest BCUT2D eigenvalue weighted by Gasteiger charge is -2.16. The van der Waals surface area contributed by atoms with Gasteiger partial charge in [-0.05, 0) is 31.7 Å². The molecule has 5 nitrogen and oxygen atoms in total. The first-order chi connectivity index (χ1) is 8.86. The van der Waals surface area contributed by atoms with Crippen LogP contribution in [0.5, 0.6) is 0 Å². The molecule has 1 atom stereocenters. The third-order valence-corrected chi connectivity index (χ3v) is 4.49. The van der Waals surface area contributed by atoms with E-state index in [-0.39, 0.29) is 10.9 Å². The summed E-state index contributed by atoms with van der Waals surface area (Å²) in [6, 6.07) is 1.56. The molecular weight excluding hydrogens is 262 g/mol. The van der Waals surface area contributed by atoms with Crippen LogP contribution in [-0.4, -0.2) is 26.5 Å². The van der Waals surface area contributed by atoms with E-state index in [0.717, 1.165) is 12.8 Å². The van der Waals surface area contributed by atoms with E-state index in [0.29, 0.717) is 11.6 Å². The van der Waals surface area contributed by atoms with Crippen molar-refractivity contribution >= 4 is 15.7 Å². The van der Waals surface area contributed by atoms with Crippen LogP contribution in [0.15, 0.2) is 23.4 Å². The zero-order valence-corrected chi connectivity index (χ0v) is 12.8. The lowest BCUT2D eigenvalue weighted by molar-refractivity contribution is 0.485. The first-order valence-corrected chi connectivity index (χ1v) is 7.99. The highest BCUT2D eigenvalue weighted by Gasteiger charge is 2.20. The molecule has 0 saturated carbocycles. The molecule has 0 amide bonds. The summed E-state index contributed by atoms with van der Waals surface area (Å²) < 4.78 is 27.2. The minimum atomic E-state index is -3.53. The Morgan fingerprint density at radius 2 is 1.95 bits per heavy atom. The lowest BCUT2D eigenvalue weighted by Crippen LogP contribution is -2.33. The molecule has 0 bridgehead atoms. The van der Waals surface area contributed by atoms with Gasteiger partial charge >= 0.3 is 0 Å². The number of nitrogens with one attached hydrogen (secondary N) is 2. The number of hydrogen-bond acceptors (Lipinski definition) is 4. The maximum absolute atomic E-state index is 12.3. The van der Waals surface area contributed by atoms with Crippen LogP contribution < -0.4 is 10.0 Å². The van der Waals surface area contributed by atoms with Gasteiger partial charge in [0.25, 0.3) is 0 Å². The molecule has 6 heteroatoms. The van der Waals surface area contributed by atoms with Gasteiger partial charge in [-0.25, -0.2) is 13.1 Å². The van der Waals surface area contributed by atoms with Gasteiger partial charge in [0.15, 0.2) is 0 Å². The summed E-state index contributed by atoms with van der Waals surface area (Å²) in [5.74, 6) is 0.568. The largest absolute Gasteiger partial charge is 0.387 e. The maximum atomic E-state index is 12.3. The van der Waals surface area contributed by atoms with Gasteiger partial charge in [0, 0.05) is 25.5 Å². The number of nitrogens with zero attached hydrogens (tertiary/aromatic N) is 1. The summed E-state index contributed by atoms with van der Waals surface area (Å²) in [7, 11) is -1.83. The molecule has 0 fully saturated rings. The SMILES string of the molecule is CNc1ccncc1S(=O)(=O)NC(C)CCC(C)C. The predicted octanol–water partition coefficient (Wildman–Crippen LogP) is 2.23. The van der Waals surface area contributed by atoms with Gasteiger partial charge < -0.3 is 5.32 Å². The number of aromatic nitrogens is 1. The van der Waals surface area contributed by atoms with Crippen molar-refractivity contribution in [1.29, 1.82) is 0 Å². The summed E-state index contributed by atoms with van der Waals surface area (Å²) in [5, 5.41) is 2.87. The van der Waals surface area contributed by atoms with Gasteiger partial charge in [0.2, 0.25) is 10.0 Å². The second kappa shape index (κ2) is 6.86. The van der Waals surface area contributed by atoms with Crippen LogP contribution >= 0.6 is 0 Å². The molecule has 1 heterocycles. The normalized spacial score (nSPS) is 13.5. The average Bonchev–Trinajstić information content (AvgIpc) is 2.35. The van der Waals surface area contributed by atoms with Gasteiger partial charge in [-0.1, -0.05) is 13.8 Å². The molecule has 0 spiro atoms. The highest BCUT2D eigenvalue weighted by Crippen LogP contribution is 2.19. The molecule has 19 heavy (non-hydrogen) atoms. The molecule has 108 valence electrons. The standard InChI is InChI=1S/C13H23N3O2S/c1-10(2)5-6-11(3)16-19(17,18)13-9-15-8-7-12(13)14-4/h7-11,16H,5-6H2,1-4H3,(H,14,15). The fourth-order valence-corrected chi connectivity index (χ4v) is 3.21. The average molecular weight is 285 g/mol. The van der Waals surface area contributed by atoms with Crippen LogP contribution in [-0.2, 0) is 10.0 Å². The number of sulfonamides is 1. The van der Waals surface area contributed by atoms with Crippen LogP contribution in [0.25, 0.3) is 0 Å². The quantitative estimate of drug-likeness (QED) is 0.806. The van der Waals surface area contributed by atoms with E-state index in [9.17, 15) is 8.42 Å². The molecule has 0 radical (unpaired) electrons. The Balaban J connectivity index is 2.81. The van der Waals surface area contributed by atoms with E-state index in [1.165, 1.54) is 6.20 Å². The number of rotatable bonds is 7. The van der Waals surface area contributed by atoms with E-state index < -0.39 is 10.0 Å². The van der Waals surface area contributed by atoms with Crippen molar-refractivity contribution in [3.63, 3.8) is 0 Å². The third kappa shape index (κ3) is 4.80. The molecule has 0 saturated heterocycles. The van der Waals surface area contributed by atoms with E-state index in [1.807, 2.05) is 6.92 Å². The maximum Gasteiger partial charge on any atom is 0.244 e. The zero-order valence-electron chi connectivity index (χ0n) is 12.0. The Hall–Kier alpha value is -1.14. The van der Waals surface area contributed by atoms with Crippen molar-refractivity contribution in [2.24, 2.45) is 5.92 Å². The second-order valence-electron chi connectivity index (χ2n) is 5.12. The fourth-order valence-electron chi connectivity index (χ4n) is 1.77. The summed E-state index contributed by atoms with van der Waals surface area (Å²) >= 11 is 0. The fraction of sp³-hybridized carbons (Fsp3) is 0.615. The molecule has 0 aromatic carbocycles. The number of pyridine rings is 1. The second-order valence-corrected chi connectivity index (χ2v) is 6.80. The lowest BCUT2D eigenvalue weighted by atomic mass is 10.1. The first kappa shape index (κ1) is 15.9. The van der Waals surface area contributed by atoms with Crippen LogP contribution in [0.4, 0.5) is 5.69 Å². The minimum Gasteiger partial charge on any atom is -0.387 e. The van der Waals surface area contributed by atoms with Crippen molar-refractivity contribution in [2.45, 2.75) is 44.6 Å². The van der Waals surface area contributed by atoms with Gasteiger partial charge in [-0.3, -0.25) is 4.98 Å². The third-order valence-electron chi connectivity index (χ3n) is 2.88. The van der Waals surface area contributed by atoms with Crippen LogP contribution in [0.3, 0.4) is 0 Å². The highest BCUT2D eigenvalue weighted by molar-refractivity contribution is 7.89. The molecular formula is C13H23N3O2S. The molecule has 1 rings (SSSR count). The smallest absolute Gasteiger partial charge is 0.244 e. The molecule has 0 aliphatic rings. The molecule has 1 aromatic heterocycles. The summed E-state index contributed by atoms with van der Waals surface area (Å²) in [5.41, 5.74) is 0.554. The van der Waals surface area contributed by atoms with Crippen LogP contribution in [0.1, 0.15) is 33.6 Å². The molecule has 2 N–H and O–H groups in total. The molecule has 0 aliphatic carbocycles. The summed E-state index contributed by atoms with van der Waals surface area (Å²) in [6.45, 7) is 6.14. The topological polar surface area (TPSA) is 71.1 Å². The van der Waals surface area contributed by atoms with Gasteiger partial charge in [0.1, 0.15) is 4.90 Å². The molecule has 0 aliphatic heterocycles. The highest BCUT2D eigenvalue weighted by atomic mass is 32.2. The van der Waals surface area contributed by atoms with Crippen molar-refractivity contribution in [1.82, 2.24) is 9.71 Å². The van der Waals surface area contributed by atoms with Gasteiger partial charge in [-0.2, -0.15) is 0 Å². The number of anilines is 1. The van der Waals surface area contributed by atoms with Crippen LogP contribution in [0.2, 0.25) is 0 Å². The summed E-state index contributed by atoms with van der Waals surface area (Å²) in [6.07, 6.45) is 4.75. The van der Waals surface area contributed by atoms with Crippen molar-refractivity contribution in [3.05, 3.63) is 18.5 Å². The minimum absolute atomic E-state index is 0.0858. The van der Waals surface area contributed by atoms with E-state index >= 15 is 0 Å². The number of hydrogen-bond donors (Lipinski definition) is 2. The first-order valence-electron chi connectivity index (χ1n) is 6.51. The Morgan fingerprint density at radius 1 is 1.26 bits per heavy atom. The predicted molar refractivity (Wildman–Crippen MR) is 77.6 cm³/mol. The van der Waals surface area contributed by atoms with Crippen molar-refractivity contribution in [3.8, 4) is 0 Å². The van der Waals surface area contributed by atoms with E-state index in [4.69, 9.17) is 0 Å². The Morgan fingerprint density at radius 3 is 2.53 bits per heavy atom. The van der Waals surface area contributed by atoms with Crippen LogP contribution in [0, 0.1) is 5.92 Å². The van der Waals surface area contributed by atoms with E-state index in [2.05, 4.69) is 28.9 Å². The van der Waals surface area contributed by atoms with Gasteiger partial charge in [0.05, 0.1) is 5.69 Å². The Kier molecular flexibility index (Phi) is 5.75. The monoisotopic (exact) mass is 285 g/mol. The van der Waals surface area contributed by atoms with Crippen molar-refractivity contribution in [2.75, 3.05) is 12.4 Å². The van der Waals surface area contributed by atoms with Crippen molar-refractivity contribution < 1.29 is 8.42 Å². The Bertz CT molecular complexity index is 500. The summed E-state index contributed by atoms with van der Waals surface area (Å²) in [4.78, 5) is 4.07.